The van der Waals surface area contributed by atoms with Crippen molar-refractivity contribution in [3.05, 3.63) is 83.9 Å². The van der Waals surface area contributed by atoms with E-state index in [1.165, 1.54) is 22.9 Å². The van der Waals surface area contributed by atoms with Crippen LogP contribution >= 0.6 is 11.8 Å². The molecule has 3 aromatic rings. The molecule has 0 saturated heterocycles. The maximum atomic E-state index is 13.4. The SMILES string of the molecule is CC(C)(C)CC(=O)Nc1ccc(SCC(=O)N2c3ccccc3CCc3ccccc32)cc1. The Hall–Kier alpha value is -3.05. The van der Waals surface area contributed by atoms with Crippen LogP contribution in [0.15, 0.2) is 77.7 Å². The second kappa shape index (κ2) is 9.84. The third-order valence-electron chi connectivity index (χ3n) is 5.57. The molecule has 170 valence electrons. The van der Waals surface area contributed by atoms with Crippen LogP contribution in [0.1, 0.15) is 38.3 Å². The number of para-hydroxylation sites is 2. The zero-order chi connectivity index (χ0) is 23.4. The van der Waals surface area contributed by atoms with Crippen LogP contribution in [-0.2, 0) is 22.4 Å². The van der Waals surface area contributed by atoms with Gasteiger partial charge in [-0.25, -0.2) is 0 Å². The summed E-state index contributed by atoms with van der Waals surface area (Å²) in [6.45, 7) is 6.14. The van der Waals surface area contributed by atoms with Crippen LogP contribution < -0.4 is 10.2 Å². The molecule has 33 heavy (non-hydrogen) atoms. The quantitative estimate of drug-likeness (QED) is 0.437. The average Bonchev–Trinajstić information content (AvgIpc) is 2.94. The number of hydrogen-bond donors (Lipinski definition) is 1. The summed E-state index contributed by atoms with van der Waals surface area (Å²) in [5.41, 5.74) is 5.07. The van der Waals surface area contributed by atoms with Gasteiger partial charge in [0.1, 0.15) is 0 Å². The smallest absolute Gasteiger partial charge is 0.241 e. The first kappa shape index (κ1) is 23.1. The standard InChI is InChI=1S/C28H30N2O2S/c1-28(2,3)18-26(31)29-22-14-16-23(17-15-22)33-19-27(32)30-24-10-6-4-8-20(24)12-13-21-9-5-7-11-25(21)30/h4-11,14-17H,12-13,18-19H2,1-3H3,(H,29,31). The van der Waals surface area contributed by atoms with Gasteiger partial charge in [-0.3, -0.25) is 14.5 Å². The second-order valence-corrected chi connectivity index (χ2v) is 10.6. The Kier molecular flexibility index (Phi) is 6.89. The molecule has 0 aromatic heterocycles. The minimum Gasteiger partial charge on any atom is -0.326 e. The molecular weight excluding hydrogens is 428 g/mol. The summed E-state index contributed by atoms with van der Waals surface area (Å²) in [6.07, 6.45) is 2.32. The molecule has 0 bridgehead atoms. The Labute approximate surface area is 200 Å². The van der Waals surface area contributed by atoms with E-state index in [0.29, 0.717) is 12.2 Å². The van der Waals surface area contributed by atoms with Gasteiger partial charge < -0.3 is 5.32 Å². The van der Waals surface area contributed by atoms with Gasteiger partial charge in [0, 0.05) is 17.0 Å². The van der Waals surface area contributed by atoms with E-state index < -0.39 is 0 Å². The number of benzene rings is 3. The van der Waals surface area contributed by atoms with E-state index in [2.05, 4.69) is 17.4 Å². The molecule has 0 spiro atoms. The van der Waals surface area contributed by atoms with Crippen molar-refractivity contribution in [2.24, 2.45) is 5.41 Å². The number of aryl methyl sites for hydroxylation is 2. The maximum Gasteiger partial charge on any atom is 0.241 e. The van der Waals surface area contributed by atoms with E-state index in [4.69, 9.17) is 0 Å². The average molecular weight is 459 g/mol. The highest BCUT2D eigenvalue weighted by Crippen LogP contribution is 2.36. The fourth-order valence-electron chi connectivity index (χ4n) is 4.08. The summed E-state index contributed by atoms with van der Waals surface area (Å²) in [7, 11) is 0. The van der Waals surface area contributed by atoms with Crippen molar-refractivity contribution in [2.75, 3.05) is 16.0 Å². The molecule has 0 radical (unpaired) electrons. The Morgan fingerprint density at radius 1 is 0.848 bits per heavy atom. The van der Waals surface area contributed by atoms with Crippen LogP contribution in [0, 0.1) is 5.41 Å². The lowest BCUT2D eigenvalue weighted by Crippen LogP contribution is -2.28. The van der Waals surface area contributed by atoms with Gasteiger partial charge >= 0.3 is 0 Å². The summed E-state index contributed by atoms with van der Waals surface area (Å²) in [6, 6.07) is 24.0. The number of amides is 2. The van der Waals surface area contributed by atoms with Gasteiger partial charge in [-0.05, 0) is 65.8 Å². The van der Waals surface area contributed by atoms with Crippen LogP contribution in [0.2, 0.25) is 0 Å². The topological polar surface area (TPSA) is 49.4 Å². The molecule has 1 aliphatic heterocycles. The van der Waals surface area contributed by atoms with E-state index in [1.54, 1.807) is 0 Å². The van der Waals surface area contributed by atoms with E-state index in [9.17, 15) is 9.59 Å². The third-order valence-corrected chi connectivity index (χ3v) is 6.57. The van der Waals surface area contributed by atoms with E-state index in [0.717, 1.165) is 34.8 Å². The van der Waals surface area contributed by atoms with Crippen molar-refractivity contribution in [2.45, 2.75) is 44.9 Å². The van der Waals surface area contributed by atoms with Gasteiger partial charge in [0.25, 0.3) is 0 Å². The molecular formula is C28H30N2O2S. The van der Waals surface area contributed by atoms with Crippen LogP contribution in [-0.4, -0.2) is 17.6 Å². The van der Waals surface area contributed by atoms with Gasteiger partial charge in [-0.15, -0.1) is 11.8 Å². The first-order valence-corrected chi connectivity index (χ1v) is 12.3. The molecule has 0 fully saturated rings. The number of hydrogen-bond acceptors (Lipinski definition) is 3. The van der Waals surface area contributed by atoms with Crippen LogP contribution in [0.5, 0.6) is 0 Å². The molecule has 1 N–H and O–H groups in total. The fourth-order valence-corrected chi connectivity index (χ4v) is 4.83. The Morgan fingerprint density at radius 3 is 1.94 bits per heavy atom. The molecule has 1 aliphatic rings. The number of fused-ring (bicyclic) bond motifs is 2. The molecule has 0 unspecified atom stereocenters. The number of nitrogens with zero attached hydrogens (tertiary/aromatic N) is 1. The summed E-state index contributed by atoms with van der Waals surface area (Å²) in [4.78, 5) is 28.5. The maximum absolute atomic E-state index is 13.4. The monoisotopic (exact) mass is 458 g/mol. The number of rotatable bonds is 5. The van der Waals surface area contributed by atoms with Crippen molar-refractivity contribution in [1.29, 1.82) is 0 Å². The molecule has 3 aromatic carbocycles. The molecule has 0 saturated carbocycles. The molecule has 0 aliphatic carbocycles. The molecule has 4 nitrogen and oxygen atoms in total. The predicted molar refractivity (Wildman–Crippen MR) is 137 cm³/mol. The number of nitrogens with one attached hydrogen (secondary N) is 1. The van der Waals surface area contributed by atoms with Gasteiger partial charge in [0.05, 0.1) is 17.1 Å². The fraction of sp³-hybridized carbons (Fsp3) is 0.286. The highest BCUT2D eigenvalue weighted by atomic mass is 32.2. The third kappa shape index (κ3) is 5.85. The Balaban J connectivity index is 1.46. The highest BCUT2D eigenvalue weighted by molar-refractivity contribution is 8.00. The first-order valence-electron chi connectivity index (χ1n) is 11.3. The minimum absolute atomic E-state index is 0.0107. The van der Waals surface area contributed by atoms with Crippen LogP contribution in [0.3, 0.4) is 0 Å². The van der Waals surface area contributed by atoms with Gasteiger partial charge in [0.2, 0.25) is 11.8 Å². The Morgan fingerprint density at radius 2 is 1.39 bits per heavy atom. The summed E-state index contributed by atoms with van der Waals surface area (Å²) in [5.74, 6) is 0.402. The largest absolute Gasteiger partial charge is 0.326 e. The lowest BCUT2D eigenvalue weighted by Gasteiger charge is -2.25. The van der Waals surface area contributed by atoms with E-state index in [-0.39, 0.29) is 17.2 Å². The van der Waals surface area contributed by atoms with Crippen molar-refractivity contribution < 1.29 is 9.59 Å². The van der Waals surface area contributed by atoms with Crippen molar-refractivity contribution in [3.8, 4) is 0 Å². The summed E-state index contributed by atoms with van der Waals surface area (Å²) >= 11 is 1.51. The normalized spacial score (nSPS) is 13.0. The lowest BCUT2D eigenvalue weighted by molar-refractivity contribution is -0.118. The zero-order valence-electron chi connectivity index (χ0n) is 19.4. The van der Waals surface area contributed by atoms with E-state index >= 15 is 0 Å². The van der Waals surface area contributed by atoms with E-state index in [1.807, 2.05) is 86.3 Å². The van der Waals surface area contributed by atoms with Crippen LogP contribution in [0.25, 0.3) is 0 Å². The molecule has 2 amide bonds. The predicted octanol–water partition coefficient (Wildman–Crippen LogP) is 6.62. The molecule has 1 heterocycles. The van der Waals surface area contributed by atoms with Gasteiger partial charge in [-0.2, -0.15) is 0 Å². The summed E-state index contributed by atoms with van der Waals surface area (Å²) in [5, 5.41) is 2.95. The molecule has 0 atom stereocenters. The lowest BCUT2D eigenvalue weighted by atomic mass is 9.92. The number of thioether (sulfide) groups is 1. The van der Waals surface area contributed by atoms with Crippen LogP contribution in [0.4, 0.5) is 17.1 Å². The highest BCUT2D eigenvalue weighted by Gasteiger charge is 2.25. The zero-order valence-corrected chi connectivity index (χ0v) is 20.2. The van der Waals surface area contributed by atoms with Gasteiger partial charge in [-0.1, -0.05) is 57.2 Å². The number of carbonyl (C=O) groups excluding carboxylic acids is 2. The Bertz CT molecular complexity index is 1100. The minimum atomic E-state index is -0.0508. The van der Waals surface area contributed by atoms with Crippen molar-refractivity contribution >= 4 is 40.6 Å². The number of anilines is 3. The van der Waals surface area contributed by atoms with Gasteiger partial charge in [0.15, 0.2) is 0 Å². The first-order chi connectivity index (χ1) is 15.8. The number of carbonyl (C=O) groups is 2. The second-order valence-electron chi connectivity index (χ2n) is 9.59. The van der Waals surface area contributed by atoms with Crippen molar-refractivity contribution in [3.63, 3.8) is 0 Å². The molecule has 4 rings (SSSR count). The van der Waals surface area contributed by atoms with Crippen molar-refractivity contribution in [1.82, 2.24) is 0 Å². The summed E-state index contributed by atoms with van der Waals surface area (Å²) < 4.78 is 0. The molecule has 5 heteroatoms.